The van der Waals surface area contributed by atoms with Crippen LogP contribution in [-0.2, 0) is 26.3 Å². The van der Waals surface area contributed by atoms with Gasteiger partial charge < -0.3 is 5.32 Å². The van der Waals surface area contributed by atoms with E-state index in [9.17, 15) is 9.59 Å². The summed E-state index contributed by atoms with van der Waals surface area (Å²) in [6, 6.07) is 14.9. The van der Waals surface area contributed by atoms with Crippen LogP contribution in [0.1, 0.15) is 45.7 Å². The van der Waals surface area contributed by atoms with Crippen molar-refractivity contribution in [2.45, 2.75) is 46.5 Å². The van der Waals surface area contributed by atoms with E-state index in [4.69, 9.17) is 4.84 Å². The number of hydrogen-bond donors (Lipinski definition) is 1. The van der Waals surface area contributed by atoms with E-state index in [0.717, 1.165) is 22.6 Å². The van der Waals surface area contributed by atoms with Crippen LogP contribution in [0.4, 0.5) is 11.4 Å². The molecule has 0 spiro atoms. The van der Waals surface area contributed by atoms with Gasteiger partial charge in [0.1, 0.15) is 0 Å². The zero-order valence-electron chi connectivity index (χ0n) is 16.7. The highest BCUT2D eigenvalue weighted by Crippen LogP contribution is 2.27. The number of benzene rings is 2. The van der Waals surface area contributed by atoms with Crippen LogP contribution < -0.4 is 10.4 Å². The first-order chi connectivity index (χ1) is 12.8. The lowest BCUT2D eigenvalue weighted by Gasteiger charge is -2.24. The number of nitrogens with one attached hydrogen (secondary N) is 1. The molecule has 2 amide bonds. The minimum absolute atomic E-state index is 0.0841. The Bertz CT molecular complexity index is 809. The fourth-order valence-corrected chi connectivity index (χ4v) is 2.70. The van der Waals surface area contributed by atoms with Gasteiger partial charge in [0.25, 0.3) is 0 Å². The van der Waals surface area contributed by atoms with Crippen molar-refractivity contribution in [1.82, 2.24) is 0 Å². The summed E-state index contributed by atoms with van der Waals surface area (Å²) in [7, 11) is 0. The highest BCUT2D eigenvalue weighted by atomic mass is 16.7. The van der Waals surface area contributed by atoms with Crippen molar-refractivity contribution in [3.63, 3.8) is 0 Å². The van der Waals surface area contributed by atoms with E-state index in [2.05, 4.69) is 26.1 Å². The Morgan fingerprint density at radius 3 is 2.37 bits per heavy atom. The zero-order valence-corrected chi connectivity index (χ0v) is 16.7. The molecule has 0 heterocycles. The summed E-state index contributed by atoms with van der Waals surface area (Å²) < 4.78 is 0. The first-order valence-corrected chi connectivity index (χ1v) is 9.24. The number of rotatable bonds is 5. The number of carbonyl (C=O) groups excluding carboxylic acids is 2. The molecule has 27 heavy (non-hydrogen) atoms. The third-order valence-electron chi connectivity index (χ3n) is 4.23. The van der Waals surface area contributed by atoms with Gasteiger partial charge in [-0.1, -0.05) is 58.0 Å². The van der Waals surface area contributed by atoms with Gasteiger partial charge in [0, 0.05) is 5.69 Å². The molecule has 0 radical (unpaired) electrons. The summed E-state index contributed by atoms with van der Waals surface area (Å²) in [6.45, 7) is 10.3. The molecule has 0 atom stereocenters. The first kappa shape index (κ1) is 20.6. The van der Waals surface area contributed by atoms with Crippen LogP contribution in [0.25, 0.3) is 0 Å². The van der Waals surface area contributed by atoms with Crippen molar-refractivity contribution < 1.29 is 14.4 Å². The summed E-state index contributed by atoms with van der Waals surface area (Å²) in [5.41, 5.74) is 3.11. The predicted molar refractivity (Wildman–Crippen MR) is 109 cm³/mol. The van der Waals surface area contributed by atoms with Gasteiger partial charge in [-0.05, 0) is 48.1 Å². The van der Waals surface area contributed by atoms with Crippen molar-refractivity contribution in [2.24, 2.45) is 0 Å². The molecule has 0 aliphatic carbocycles. The normalized spacial score (nSPS) is 11.1. The summed E-state index contributed by atoms with van der Waals surface area (Å²) in [6.07, 6.45) is 0.757. The van der Waals surface area contributed by atoms with Crippen molar-refractivity contribution in [3.8, 4) is 0 Å². The maximum Gasteiger partial charge on any atom is 0.340 e. The fraction of sp³-hybridized carbons (Fsp3) is 0.364. The Morgan fingerprint density at radius 1 is 1.04 bits per heavy atom. The average molecular weight is 368 g/mol. The molecule has 0 aromatic heterocycles. The van der Waals surface area contributed by atoms with E-state index in [1.54, 1.807) is 19.1 Å². The SMILES string of the molecule is CCON(C(=O)C(=O)Nc1ccccc1CC)c1cccc(C(C)(C)C)c1. The van der Waals surface area contributed by atoms with Crippen molar-refractivity contribution in [1.29, 1.82) is 0 Å². The second-order valence-corrected chi connectivity index (χ2v) is 7.28. The molecular weight excluding hydrogens is 340 g/mol. The van der Waals surface area contributed by atoms with Crippen LogP contribution in [0, 0.1) is 0 Å². The number of aryl methyl sites for hydroxylation is 1. The maximum atomic E-state index is 12.8. The third-order valence-corrected chi connectivity index (χ3v) is 4.23. The van der Waals surface area contributed by atoms with E-state index in [0.29, 0.717) is 11.4 Å². The molecule has 0 unspecified atom stereocenters. The van der Waals surface area contributed by atoms with E-state index < -0.39 is 11.8 Å². The van der Waals surface area contributed by atoms with E-state index in [-0.39, 0.29) is 12.0 Å². The largest absolute Gasteiger partial charge is 0.340 e. The molecule has 5 heteroatoms. The minimum atomic E-state index is -0.756. The lowest BCUT2D eigenvalue weighted by Crippen LogP contribution is -2.40. The molecule has 5 nitrogen and oxygen atoms in total. The summed E-state index contributed by atoms with van der Waals surface area (Å²) in [4.78, 5) is 30.9. The van der Waals surface area contributed by atoms with Crippen LogP contribution in [0.3, 0.4) is 0 Å². The molecule has 144 valence electrons. The first-order valence-electron chi connectivity index (χ1n) is 9.24. The quantitative estimate of drug-likeness (QED) is 0.626. The molecule has 0 aliphatic heterocycles. The Kier molecular flexibility index (Phi) is 6.75. The number of nitrogens with zero attached hydrogens (tertiary/aromatic N) is 1. The summed E-state index contributed by atoms with van der Waals surface area (Å²) >= 11 is 0. The summed E-state index contributed by atoms with van der Waals surface area (Å²) in [5.74, 6) is -1.49. The Hall–Kier alpha value is -2.66. The lowest BCUT2D eigenvalue weighted by atomic mass is 9.87. The second kappa shape index (κ2) is 8.82. The average Bonchev–Trinajstić information content (AvgIpc) is 2.65. The molecular formula is C22H28N2O3. The van der Waals surface area contributed by atoms with Gasteiger partial charge in [0.05, 0.1) is 12.3 Å². The second-order valence-electron chi connectivity index (χ2n) is 7.28. The molecule has 0 aliphatic rings. The van der Waals surface area contributed by atoms with Gasteiger partial charge >= 0.3 is 11.8 Å². The zero-order chi connectivity index (χ0) is 20.0. The number of hydrogen-bond acceptors (Lipinski definition) is 3. The molecule has 0 bridgehead atoms. The number of para-hydroxylation sites is 1. The standard InChI is InChI=1S/C22H28N2O3/c1-6-16-11-8-9-14-19(16)23-20(25)21(26)24(27-7-2)18-13-10-12-17(15-18)22(3,4)5/h8-15H,6-7H2,1-5H3,(H,23,25). The van der Waals surface area contributed by atoms with Gasteiger partial charge in [-0.2, -0.15) is 5.06 Å². The van der Waals surface area contributed by atoms with Crippen molar-refractivity contribution in [2.75, 3.05) is 17.0 Å². The number of anilines is 2. The van der Waals surface area contributed by atoms with Crippen LogP contribution in [0.15, 0.2) is 48.5 Å². The van der Waals surface area contributed by atoms with Gasteiger partial charge in [-0.3, -0.25) is 14.4 Å². The third kappa shape index (κ3) is 5.17. The fourth-order valence-electron chi connectivity index (χ4n) is 2.70. The maximum absolute atomic E-state index is 12.8. The van der Waals surface area contributed by atoms with Crippen molar-refractivity contribution >= 4 is 23.2 Å². The van der Waals surface area contributed by atoms with E-state index in [1.807, 2.05) is 43.3 Å². The molecule has 2 aromatic carbocycles. The Morgan fingerprint density at radius 2 is 1.74 bits per heavy atom. The number of amides is 2. The summed E-state index contributed by atoms with van der Waals surface area (Å²) in [5, 5.41) is 3.77. The van der Waals surface area contributed by atoms with Crippen molar-refractivity contribution in [3.05, 3.63) is 59.7 Å². The van der Waals surface area contributed by atoms with E-state index in [1.165, 1.54) is 0 Å². The lowest BCUT2D eigenvalue weighted by molar-refractivity contribution is -0.139. The Balaban J connectivity index is 2.28. The molecule has 1 N–H and O–H groups in total. The van der Waals surface area contributed by atoms with Gasteiger partial charge in [0.2, 0.25) is 0 Å². The van der Waals surface area contributed by atoms with Gasteiger partial charge in [-0.25, -0.2) is 0 Å². The number of carbonyl (C=O) groups is 2. The van der Waals surface area contributed by atoms with Gasteiger partial charge in [0.15, 0.2) is 0 Å². The topological polar surface area (TPSA) is 58.6 Å². The molecule has 2 aromatic rings. The van der Waals surface area contributed by atoms with Crippen LogP contribution >= 0.6 is 0 Å². The number of hydroxylamine groups is 1. The smallest absolute Gasteiger partial charge is 0.317 e. The monoisotopic (exact) mass is 368 g/mol. The molecule has 0 saturated heterocycles. The van der Waals surface area contributed by atoms with Crippen LogP contribution in [0.2, 0.25) is 0 Å². The van der Waals surface area contributed by atoms with E-state index >= 15 is 0 Å². The molecule has 2 rings (SSSR count). The molecule has 0 fully saturated rings. The van der Waals surface area contributed by atoms with Gasteiger partial charge in [-0.15, -0.1) is 0 Å². The minimum Gasteiger partial charge on any atom is -0.317 e. The highest BCUT2D eigenvalue weighted by Gasteiger charge is 2.26. The van der Waals surface area contributed by atoms with Crippen LogP contribution in [0.5, 0.6) is 0 Å². The molecule has 0 saturated carbocycles. The predicted octanol–water partition coefficient (Wildman–Crippen LogP) is 4.47. The Labute approximate surface area is 161 Å². The van der Waals surface area contributed by atoms with Crippen LogP contribution in [-0.4, -0.2) is 18.4 Å². The highest BCUT2D eigenvalue weighted by molar-refractivity contribution is 6.43.